The summed E-state index contributed by atoms with van der Waals surface area (Å²) in [6, 6.07) is 4.63. The van der Waals surface area contributed by atoms with Gasteiger partial charge in [0, 0.05) is 37.4 Å². The van der Waals surface area contributed by atoms with E-state index in [-0.39, 0.29) is 0 Å². The van der Waals surface area contributed by atoms with Crippen LogP contribution in [0.2, 0.25) is 0 Å². The number of piperazine rings is 1. The Morgan fingerprint density at radius 2 is 2.06 bits per heavy atom. The average molecular weight is 249 g/mol. The number of ether oxygens (including phenoxy) is 1. The first-order chi connectivity index (χ1) is 8.52. The molecule has 18 heavy (non-hydrogen) atoms. The lowest BCUT2D eigenvalue weighted by molar-refractivity contribution is 0.234. The molecule has 2 N–H and O–H groups in total. The third-order valence-electron chi connectivity index (χ3n) is 3.85. The second kappa shape index (κ2) is 5.06. The number of hydrogen-bond donors (Lipinski definition) is 1. The zero-order valence-corrected chi connectivity index (χ0v) is 11.7. The van der Waals surface area contributed by atoms with E-state index >= 15 is 0 Å². The van der Waals surface area contributed by atoms with Crippen molar-refractivity contribution in [1.29, 1.82) is 0 Å². The Hall–Kier alpha value is -1.42. The van der Waals surface area contributed by atoms with Crippen LogP contribution in [0.3, 0.4) is 0 Å². The van der Waals surface area contributed by atoms with E-state index in [0.29, 0.717) is 11.7 Å². The van der Waals surface area contributed by atoms with Gasteiger partial charge in [-0.2, -0.15) is 0 Å². The zero-order valence-electron chi connectivity index (χ0n) is 11.7. The van der Waals surface area contributed by atoms with Gasteiger partial charge in [0.15, 0.2) is 0 Å². The molecule has 1 aromatic rings. The van der Waals surface area contributed by atoms with E-state index in [0.717, 1.165) is 25.4 Å². The maximum Gasteiger partial charge on any atom is 0.143 e. The van der Waals surface area contributed by atoms with Gasteiger partial charge in [-0.25, -0.2) is 0 Å². The Labute approximate surface area is 109 Å². The van der Waals surface area contributed by atoms with Crippen molar-refractivity contribution >= 4 is 11.4 Å². The van der Waals surface area contributed by atoms with Crippen LogP contribution < -0.4 is 15.4 Å². The number of rotatable bonds is 2. The smallest absolute Gasteiger partial charge is 0.143 e. The molecule has 1 aromatic carbocycles. The van der Waals surface area contributed by atoms with Crippen LogP contribution in [-0.2, 0) is 0 Å². The Kier molecular flexibility index (Phi) is 3.66. The number of hydrogen-bond acceptors (Lipinski definition) is 4. The fourth-order valence-electron chi connectivity index (χ4n) is 2.48. The topological polar surface area (TPSA) is 41.7 Å². The number of anilines is 2. The van der Waals surface area contributed by atoms with Gasteiger partial charge in [-0.15, -0.1) is 0 Å². The molecule has 0 aromatic heterocycles. The number of methoxy groups -OCH3 is 1. The standard InChI is InChI=1S/C14H23N3O/c1-10-7-12(15)14(18-4)8-13(10)17-6-5-16(3)11(2)9-17/h7-8,11H,5-6,9,15H2,1-4H3/t11-/m0/s1. The molecule has 0 bridgehead atoms. The molecule has 1 aliphatic heterocycles. The molecule has 1 fully saturated rings. The maximum absolute atomic E-state index is 5.93. The molecule has 0 saturated carbocycles. The highest BCUT2D eigenvalue weighted by Gasteiger charge is 2.22. The molecule has 4 nitrogen and oxygen atoms in total. The number of likely N-dealkylation sites (N-methyl/N-ethyl adjacent to an activating group) is 1. The Morgan fingerprint density at radius 1 is 1.33 bits per heavy atom. The van der Waals surface area contributed by atoms with E-state index in [4.69, 9.17) is 10.5 Å². The second-order valence-corrected chi connectivity index (χ2v) is 5.16. The minimum absolute atomic E-state index is 0.571. The monoisotopic (exact) mass is 249 g/mol. The summed E-state index contributed by atoms with van der Waals surface area (Å²) >= 11 is 0. The van der Waals surface area contributed by atoms with Gasteiger partial charge in [-0.3, -0.25) is 0 Å². The fraction of sp³-hybridized carbons (Fsp3) is 0.571. The number of nitrogens with two attached hydrogens (primary N) is 1. The molecule has 100 valence electrons. The van der Waals surface area contributed by atoms with Gasteiger partial charge in [0.2, 0.25) is 0 Å². The third-order valence-corrected chi connectivity index (χ3v) is 3.85. The summed E-state index contributed by atoms with van der Waals surface area (Å²) in [5.74, 6) is 0.766. The summed E-state index contributed by atoms with van der Waals surface area (Å²) in [5, 5.41) is 0. The van der Waals surface area contributed by atoms with Gasteiger partial charge in [0.05, 0.1) is 12.8 Å². The van der Waals surface area contributed by atoms with Gasteiger partial charge in [0.1, 0.15) is 5.75 Å². The van der Waals surface area contributed by atoms with Crippen molar-refractivity contribution in [2.45, 2.75) is 19.9 Å². The number of aryl methyl sites for hydroxylation is 1. The van der Waals surface area contributed by atoms with Crippen LogP contribution in [0.5, 0.6) is 5.75 Å². The molecule has 1 aliphatic rings. The molecule has 2 rings (SSSR count). The molecule has 0 unspecified atom stereocenters. The highest BCUT2D eigenvalue weighted by Crippen LogP contribution is 2.32. The maximum atomic E-state index is 5.93. The van der Waals surface area contributed by atoms with E-state index < -0.39 is 0 Å². The van der Waals surface area contributed by atoms with Crippen molar-refractivity contribution in [3.8, 4) is 5.75 Å². The number of nitrogen functional groups attached to an aromatic ring is 1. The van der Waals surface area contributed by atoms with E-state index in [9.17, 15) is 0 Å². The van der Waals surface area contributed by atoms with Crippen LogP contribution in [-0.4, -0.2) is 44.7 Å². The SMILES string of the molecule is COc1cc(N2CCN(C)[C@@H](C)C2)c(C)cc1N. The second-order valence-electron chi connectivity index (χ2n) is 5.16. The molecular weight excluding hydrogens is 226 g/mol. The van der Waals surface area contributed by atoms with Crippen molar-refractivity contribution < 1.29 is 4.74 Å². The van der Waals surface area contributed by atoms with Crippen molar-refractivity contribution in [1.82, 2.24) is 4.90 Å². The average Bonchev–Trinajstić information content (AvgIpc) is 2.33. The molecule has 1 heterocycles. The van der Waals surface area contributed by atoms with Crippen LogP contribution in [0, 0.1) is 6.92 Å². The third kappa shape index (κ3) is 2.38. The first-order valence-electron chi connectivity index (χ1n) is 6.42. The summed E-state index contributed by atoms with van der Waals surface area (Å²) in [5.41, 5.74) is 9.09. The van der Waals surface area contributed by atoms with Gasteiger partial charge >= 0.3 is 0 Å². The Balaban J connectivity index is 2.28. The van der Waals surface area contributed by atoms with Crippen LogP contribution in [0.25, 0.3) is 0 Å². The van der Waals surface area contributed by atoms with E-state index in [1.165, 1.54) is 11.3 Å². The fourth-order valence-corrected chi connectivity index (χ4v) is 2.48. The molecule has 4 heteroatoms. The van der Waals surface area contributed by atoms with E-state index in [1.54, 1.807) is 7.11 Å². The highest BCUT2D eigenvalue weighted by molar-refractivity contribution is 5.66. The van der Waals surface area contributed by atoms with Gasteiger partial charge < -0.3 is 20.3 Å². The van der Waals surface area contributed by atoms with Crippen LogP contribution in [0.4, 0.5) is 11.4 Å². The molecule has 0 aliphatic carbocycles. The molecule has 1 saturated heterocycles. The molecule has 0 radical (unpaired) electrons. The first kappa shape index (κ1) is 13.0. The van der Waals surface area contributed by atoms with Crippen molar-refractivity contribution in [3.05, 3.63) is 17.7 Å². The van der Waals surface area contributed by atoms with Crippen molar-refractivity contribution in [2.24, 2.45) is 0 Å². The van der Waals surface area contributed by atoms with E-state index in [1.807, 2.05) is 6.07 Å². The van der Waals surface area contributed by atoms with E-state index in [2.05, 4.69) is 36.8 Å². The predicted molar refractivity (Wildman–Crippen MR) is 76.4 cm³/mol. The van der Waals surface area contributed by atoms with Gasteiger partial charge in [0.25, 0.3) is 0 Å². The van der Waals surface area contributed by atoms with Gasteiger partial charge in [-0.1, -0.05) is 0 Å². The molecule has 0 spiro atoms. The quantitative estimate of drug-likeness (QED) is 0.811. The minimum Gasteiger partial charge on any atom is -0.495 e. The zero-order chi connectivity index (χ0) is 13.3. The highest BCUT2D eigenvalue weighted by atomic mass is 16.5. The van der Waals surface area contributed by atoms with Crippen LogP contribution in [0.15, 0.2) is 12.1 Å². The van der Waals surface area contributed by atoms with Crippen LogP contribution >= 0.6 is 0 Å². The summed E-state index contributed by atoms with van der Waals surface area (Å²) in [6.07, 6.45) is 0. The normalized spacial score (nSPS) is 21.1. The van der Waals surface area contributed by atoms with Crippen LogP contribution in [0.1, 0.15) is 12.5 Å². The van der Waals surface area contributed by atoms with Gasteiger partial charge in [-0.05, 0) is 32.5 Å². The number of nitrogens with zero attached hydrogens (tertiary/aromatic N) is 2. The lowest BCUT2D eigenvalue weighted by Gasteiger charge is -2.39. The summed E-state index contributed by atoms with van der Waals surface area (Å²) in [7, 11) is 3.84. The van der Waals surface area contributed by atoms with Crippen molar-refractivity contribution in [3.63, 3.8) is 0 Å². The largest absolute Gasteiger partial charge is 0.495 e. The number of benzene rings is 1. The predicted octanol–water partition coefficient (Wildman–Crippen LogP) is 1.73. The Morgan fingerprint density at radius 3 is 2.67 bits per heavy atom. The summed E-state index contributed by atoms with van der Waals surface area (Å²) in [6.45, 7) is 7.55. The molecule has 1 atom stereocenters. The summed E-state index contributed by atoms with van der Waals surface area (Å²) in [4.78, 5) is 4.81. The molecule has 0 amide bonds. The first-order valence-corrected chi connectivity index (χ1v) is 6.42. The lowest BCUT2D eigenvalue weighted by atomic mass is 10.1. The minimum atomic E-state index is 0.571. The lowest BCUT2D eigenvalue weighted by Crippen LogP contribution is -2.50. The summed E-state index contributed by atoms with van der Waals surface area (Å²) < 4.78 is 5.32. The van der Waals surface area contributed by atoms with Crippen molar-refractivity contribution in [2.75, 3.05) is 44.4 Å². The molecular formula is C14H23N3O. The Bertz CT molecular complexity index is 433.